The molecule has 1 aromatic carbocycles. The Morgan fingerprint density at radius 1 is 1.02 bits per heavy atom. The van der Waals surface area contributed by atoms with Gasteiger partial charge in [0, 0.05) is 55.9 Å². The molecule has 3 aromatic rings. The zero-order valence-corrected chi connectivity index (χ0v) is 23.6. The van der Waals surface area contributed by atoms with Crippen molar-refractivity contribution >= 4 is 45.8 Å². The number of hydrogen-bond donors (Lipinski definition) is 4. The van der Waals surface area contributed by atoms with Crippen LogP contribution in [0.1, 0.15) is 52.9 Å². The molecule has 0 spiro atoms. The predicted octanol–water partition coefficient (Wildman–Crippen LogP) is 4.20. The fourth-order valence-electron chi connectivity index (χ4n) is 3.89. The summed E-state index contributed by atoms with van der Waals surface area (Å²) >= 11 is 1.36. The minimum Gasteiger partial charge on any atom is -0.457 e. The van der Waals surface area contributed by atoms with Crippen LogP contribution in [0.25, 0.3) is 0 Å². The van der Waals surface area contributed by atoms with Crippen LogP contribution < -0.4 is 26.0 Å². The number of benzene rings is 1. The quantitative estimate of drug-likeness (QED) is 0.354. The Labute approximate surface area is 236 Å². The molecular formula is C28H32N6O5S. The van der Waals surface area contributed by atoms with Gasteiger partial charge < -0.3 is 25.6 Å². The third-order valence-corrected chi connectivity index (χ3v) is 7.54. The van der Waals surface area contributed by atoms with Gasteiger partial charge in [0.15, 0.2) is 0 Å². The number of thiophene rings is 1. The van der Waals surface area contributed by atoms with E-state index in [0.717, 1.165) is 4.88 Å². The number of anilines is 2. The van der Waals surface area contributed by atoms with E-state index in [1.807, 2.05) is 26.8 Å². The minimum atomic E-state index is -0.498. The van der Waals surface area contributed by atoms with E-state index in [9.17, 15) is 19.2 Å². The van der Waals surface area contributed by atoms with Gasteiger partial charge in [0.2, 0.25) is 5.91 Å². The number of hydrogen-bond acceptors (Lipinski definition) is 7. The number of urea groups is 1. The van der Waals surface area contributed by atoms with Crippen LogP contribution in [-0.4, -0.2) is 60.3 Å². The lowest BCUT2D eigenvalue weighted by atomic mass is 9.94. The number of aromatic nitrogens is 1. The van der Waals surface area contributed by atoms with E-state index >= 15 is 0 Å². The first-order valence-corrected chi connectivity index (χ1v) is 13.6. The molecule has 5 amide bonds. The lowest BCUT2D eigenvalue weighted by Gasteiger charge is -2.20. The molecule has 0 atom stereocenters. The fraction of sp³-hybridized carbons (Fsp3) is 0.321. The molecule has 0 aliphatic carbocycles. The van der Waals surface area contributed by atoms with Crippen molar-refractivity contribution < 1.29 is 23.9 Å². The van der Waals surface area contributed by atoms with Crippen molar-refractivity contribution in [1.82, 2.24) is 20.5 Å². The van der Waals surface area contributed by atoms with E-state index in [1.54, 1.807) is 35.2 Å². The highest BCUT2D eigenvalue weighted by molar-refractivity contribution is 7.16. The Morgan fingerprint density at radius 3 is 2.48 bits per heavy atom. The molecule has 0 radical (unpaired) electrons. The van der Waals surface area contributed by atoms with E-state index in [-0.39, 0.29) is 35.3 Å². The first kappa shape index (κ1) is 28.6. The Balaban J connectivity index is 1.44. The Hall–Kier alpha value is -4.45. The van der Waals surface area contributed by atoms with Gasteiger partial charge in [-0.3, -0.25) is 24.7 Å². The fourth-order valence-corrected chi connectivity index (χ4v) is 4.99. The molecule has 11 nitrogen and oxygen atoms in total. The number of rotatable bonds is 6. The summed E-state index contributed by atoms with van der Waals surface area (Å²) in [6, 6.07) is 11.2. The summed E-state index contributed by atoms with van der Waals surface area (Å²) in [5.41, 5.74) is 0.926. The molecule has 4 N–H and O–H groups in total. The smallest absolute Gasteiger partial charge is 0.324 e. The number of carbonyl (C=O) groups excluding carboxylic acids is 4. The molecule has 2 aromatic heterocycles. The van der Waals surface area contributed by atoms with Crippen LogP contribution in [0.5, 0.6) is 11.5 Å². The molecule has 1 fully saturated rings. The standard InChI is InChI=1S/C28H32N6O5S/c1-28(2,3)22-16-20(26(37)34-13-10-23(35)31-12-14-34)25(40-22)33-27(38)32-17-5-7-18(8-6-17)39-19-9-11-30-21(15-19)24(36)29-4/h5-9,11,15-16H,10,12-14H2,1-4H3,(H,29,36)(H,31,35)(H2,32,33,38). The number of nitrogens with zero attached hydrogens (tertiary/aromatic N) is 2. The molecule has 40 heavy (non-hydrogen) atoms. The molecule has 1 aliphatic heterocycles. The van der Waals surface area contributed by atoms with Crippen molar-refractivity contribution in [3.63, 3.8) is 0 Å². The second-order valence-corrected chi connectivity index (χ2v) is 11.2. The lowest BCUT2D eigenvalue weighted by molar-refractivity contribution is -0.120. The van der Waals surface area contributed by atoms with Gasteiger partial charge in [-0.25, -0.2) is 4.79 Å². The maximum absolute atomic E-state index is 13.4. The summed E-state index contributed by atoms with van der Waals surface area (Å²) in [5.74, 6) is 0.322. The van der Waals surface area contributed by atoms with Gasteiger partial charge in [-0.05, 0) is 41.8 Å². The largest absolute Gasteiger partial charge is 0.457 e. The van der Waals surface area contributed by atoms with E-state index in [0.29, 0.717) is 47.4 Å². The summed E-state index contributed by atoms with van der Waals surface area (Å²) in [5, 5.41) is 11.4. The molecule has 4 rings (SSSR count). The van der Waals surface area contributed by atoms with Gasteiger partial charge in [-0.2, -0.15) is 0 Å². The summed E-state index contributed by atoms with van der Waals surface area (Å²) < 4.78 is 5.80. The van der Waals surface area contributed by atoms with Crippen molar-refractivity contribution in [1.29, 1.82) is 0 Å². The number of amides is 5. The first-order chi connectivity index (χ1) is 19.0. The zero-order valence-electron chi connectivity index (χ0n) is 22.8. The highest BCUT2D eigenvalue weighted by Gasteiger charge is 2.28. The number of ether oxygens (including phenoxy) is 1. The SMILES string of the molecule is CNC(=O)c1cc(Oc2ccc(NC(=O)Nc3sc(C(C)(C)C)cc3C(=O)N3CCNC(=O)CC3)cc2)ccn1. The Bertz CT molecular complexity index is 1410. The van der Waals surface area contributed by atoms with Crippen molar-refractivity contribution in [2.45, 2.75) is 32.6 Å². The summed E-state index contributed by atoms with van der Waals surface area (Å²) in [7, 11) is 1.52. The number of carbonyl (C=O) groups is 4. The topological polar surface area (TPSA) is 142 Å². The van der Waals surface area contributed by atoms with Gasteiger partial charge in [0.05, 0.1) is 5.56 Å². The van der Waals surface area contributed by atoms with Crippen molar-refractivity contribution in [3.8, 4) is 11.5 Å². The molecule has 3 heterocycles. The molecule has 0 unspecified atom stereocenters. The molecule has 0 saturated carbocycles. The van der Waals surface area contributed by atoms with E-state index in [4.69, 9.17) is 4.74 Å². The van der Waals surface area contributed by atoms with Crippen LogP contribution in [0.15, 0.2) is 48.7 Å². The minimum absolute atomic E-state index is 0.0837. The van der Waals surface area contributed by atoms with E-state index in [2.05, 4.69) is 26.3 Å². The van der Waals surface area contributed by atoms with Crippen molar-refractivity contribution in [3.05, 3.63) is 64.8 Å². The number of nitrogens with one attached hydrogen (secondary N) is 4. The van der Waals surface area contributed by atoms with Crippen LogP contribution in [-0.2, 0) is 10.2 Å². The predicted molar refractivity (Wildman–Crippen MR) is 153 cm³/mol. The Kier molecular flexibility index (Phi) is 8.68. The van der Waals surface area contributed by atoms with Crippen LogP contribution >= 0.6 is 11.3 Å². The zero-order chi connectivity index (χ0) is 28.9. The highest BCUT2D eigenvalue weighted by Crippen LogP contribution is 2.37. The second-order valence-electron chi connectivity index (χ2n) is 10.2. The molecular weight excluding hydrogens is 532 g/mol. The van der Waals surface area contributed by atoms with Gasteiger partial charge >= 0.3 is 6.03 Å². The maximum atomic E-state index is 13.4. The molecule has 1 aliphatic rings. The second kappa shape index (κ2) is 12.2. The first-order valence-electron chi connectivity index (χ1n) is 12.8. The lowest BCUT2D eigenvalue weighted by Crippen LogP contribution is -2.34. The van der Waals surface area contributed by atoms with Crippen LogP contribution in [0.4, 0.5) is 15.5 Å². The van der Waals surface area contributed by atoms with Crippen molar-refractivity contribution in [2.75, 3.05) is 37.3 Å². The average Bonchev–Trinajstić information content (AvgIpc) is 3.23. The average molecular weight is 565 g/mol. The van der Waals surface area contributed by atoms with Crippen LogP contribution in [0.3, 0.4) is 0 Å². The molecule has 1 saturated heterocycles. The van der Waals surface area contributed by atoms with E-state index < -0.39 is 6.03 Å². The summed E-state index contributed by atoms with van der Waals surface area (Å²) in [6.45, 7) is 7.23. The third kappa shape index (κ3) is 7.14. The van der Waals surface area contributed by atoms with Crippen LogP contribution in [0.2, 0.25) is 0 Å². The van der Waals surface area contributed by atoms with Gasteiger partial charge in [-0.1, -0.05) is 20.8 Å². The molecule has 210 valence electrons. The van der Waals surface area contributed by atoms with Gasteiger partial charge in [0.25, 0.3) is 11.8 Å². The van der Waals surface area contributed by atoms with Crippen molar-refractivity contribution in [2.24, 2.45) is 0 Å². The third-order valence-electron chi connectivity index (χ3n) is 6.07. The van der Waals surface area contributed by atoms with Gasteiger partial charge in [0.1, 0.15) is 22.2 Å². The monoisotopic (exact) mass is 564 g/mol. The van der Waals surface area contributed by atoms with Crippen LogP contribution in [0, 0.1) is 0 Å². The summed E-state index contributed by atoms with van der Waals surface area (Å²) in [6.07, 6.45) is 1.72. The maximum Gasteiger partial charge on any atom is 0.324 e. The Morgan fingerprint density at radius 2 is 1.77 bits per heavy atom. The van der Waals surface area contributed by atoms with E-state index in [1.165, 1.54) is 30.6 Å². The highest BCUT2D eigenvalue weighted by atomic mass is 32.1. The summed E-state index contributed by atoms with van der Waals surface area (Å²) in [4.78, 5) is 56.5. The number of pyridine rings is 1. The van der Waals surface area contributed by atoms with Gasteiger partial charge in [-0.15, -0.1) is 11.3 Å². The molecule has 12 heteroatoms. The normalized spacial score (nSPS) is 13.6. The molecule has 0 bridgehead atoms.